The summed E-state index contributed by atoms with van der Waals surface area (Å²) in [5.41, 5.74) is 2.55. The Morgan fingerprint density at radius 2 is 1.68 bits per heavy atom. The van der Waals surface area contributed by atoms with Gasteiger partial charge in [0.25, 0.3) is 0 Å². The number of halogens is 1. The SMILES string of the molecule is COc1ccc2c(-c3ccc(-c4nnn(C)n4)cc3)nnc(Cl)c2c1. The molecule has 4 rings (SSSR count). The summed E-state index contributed by atoms with van der Waals surface area (Å²) in [6.07, 6.45) is 0. The molecule has 0 amide bonds. The molecule has 8 heteroatoms. The highest BCUT2D eigenvalue weighted by molar-refractivity contribution is 6.34. The summed E-state index contributed by atoms with van der Waals surface area (Å²) in [5.74, 6) is 1.29. The van der Waals surface area contributed by atoms with Gasteiger partial charge in [-0.05, 0) is 23.4 Å². The van der Waals surface area contributed by atoms with Crippen LogP contribution in [0.2, 0.25) is 5.15 Å². The summed E-state index contributed by atoms with van der Waals surface area (Å²) in [6.45, 7) is 0. The van der Waals surface area contributed by atoms with Gasteiger partial charge < -0.3 is 4.74 Å². The number of rotatable bonds is 3. The molecule has 7 nitrogen and oxygen atoms in total. The zero-order valence-electron chi connectivity index (χ0n) is 13.5. The van der Waals surface area contributed by atoms with Gasteiger partial charge in [0.2, 0.25) is 5.82 Å². The molecule has 2 aromatic heterocycles. The van der Waals surface area contributed by atoms with Crippen LogP contribution in [-0.4, -0.2) is 37.5 Å². The molecular weight excluding hydrogens is 340 g/mol. The first-order valence-corrected chi connectivity index (χ1v) is 7.88. The Hall–Kier alpha value is -3.06. The van der Waals surface area contributed by atoms with Crippen molar-refractivity contribution in [1.29, 1.82) is 0 Å². The molecule has 0 bridgehead atoms. The molecule has 0 atom stereocenters. The number of ether oxygens (including phenoxy) is 1. The van der Waals surface area contributed by atoms with Crippen molar-refractivity contribution in [3.63, 3.8) is 0 Å². The Balaban J connectivity index is 1.80. The van der Waals surface area contributed by atoms with E-state index in [1.54, 1.807) is 14.2 Å². The summed E-state index contributed by atoms with van der Waals surface area (Å²) in [5, 5.41) is 22.4. The van der Waals surface area contributed by atoms with Gasteiger partial charge in [0, 0.05) is 21.9 Å². The molecule has 124 valence electrons. The van der Waals surface area contributed by atoms with Crippen molar-refractivity contribution in [1.82, 2.24) is 30.4 Å². The number of nitrogens with zero attached hydrogens (tertiary/aromatic N) is 6. The molecule has 0 N–H and O–H groups in total. The van der Waals surface area contributed by atoms with E-state index >= 15 is 0 Å². The third kappa shape index (κ3) is 2.78. The molecule has 0 saturated carbocycles. The molecule has 2 aromatic carbocycles. The standard InChI is InChI=1S/C17H13ClN6O/c1-24-22-17(21-23-24)11-5-3-10(4-6-11)15-13-8-7-12(25-2)9-14(13)16(18)20-19-15/h3-9H,1-2H3. The molecule has 0 aliphatic rings. The van der Waals surface area contributed by atoms with E-state index in [0.717, 1.165) is 33.3 Å². The molecular formula is C17H13ClN6O. The lowest BCUT2D eigenvalue weighted by Crippen LogP contribution is -1.93. The highest BCUT2D eigenvalue weighted by Gasteiger charge is 2.12. The summed E-state index contributed by atoms with van der Waals surface area (Å²) in [4.78, 5) is 1.43. The molecule has 0 aliphatic carbocycles. The van der Waals surface area contributed by atoms with Crippen molar-refractivity contribution < 1.29 is 4.74 Å². The molecule has 2 heterocycles. The van der Waals surface area contributed by atoms with Crippen LogP contribution in [0.1, 0.15) is 0 Å². The smallest absolute Gasteiger partial charge is 0.204 e. The quantitative estimate of drug-likeness (QED) is 0.563. The lowest BCUT2D eigenvalue weighted by Gasteiger charge is -2.08. The molecule has 0 aliphatic heterocycles. The Bertz CT molecular complexity index is 1060. The van der Waals surface area contributed by atoms with E-state index < -0.39 is 0 Å². The lowest BCUT2D eigenvalue weighted by molar-refractivity contribution is 0.415. The first-order chi connectivity index (χ1) is 12.2. The predicted octanol–water partition coefficient (Wildman–Crippen LogP) is 3.15. The second-order valence-corrected chi connectivity index (χ2v) is 5.79. The maximum Gasteiger partial charge on any atom is 0.204 e. The van der Waals surface area contributed by atoms with Crippen LogP contribution in [0.3, 0.4) is 0 Å². The average molecular weight is 353 g/mol. The van der Waals surface area contributed by atoms with E-state index in [2.05, 4.69) is 25.6 Å². The van der Waals surface area contributed by atoms with Gasteiger partial charge in [-0.15, -0.1) is 20.4 Å². The fourth-order valence-corrected chi connectivity index (χ4v) is 2.81. The topological polar surface area (TPSA) is 78.6 Å². The van der Waals surface area contributed by atoms with Gasteiger partial charge in [0.05, 0.1) is 14.2 Å². The number of benzene rings is 2. The van der Waals surface area contributed by atoms with Gasteiger partial charge in [-0.25, -0.2) is 0 Å². The molecule has 25 heavy (non-hydrogen) atoms. The fraction of sp³-hybridized carbons (Fsp3) is 0.118. The fourth-order valence-electron chi connectivity index (χ4n) is 2.62. The van der Waals surface area contributed by atoms with E-state index in [0.29, 0.717) is 11.0 Å². The van der Waals surface area contributed by atoms with Crippen LogP contribution in [0.15, 0.2) is 42.5 Å². The number of hydrogen-bond acceptors (Lipinski definition) is 6. The van der Waals surface area contributed by atoms with Crippen molar-refractivity contribution in [3.05, 3.63) is 47.6 Å². The van der Waals surface area contributed by atoms with E-state index in [4.69, 9.17) is 16.3 Å². The van der Waals surface area contributed by atoms with Crippen LogP contribution in [-0.2, 0) is 7.05 Å². The second-order valence-electron chi connectivity index (χ2n) is 5.43. The number of tetrazole rings is 1. The molecule has 0 unspecified atom stereocenters. The van der Waals surface area contributed by atoms with Gasteiger partial charge in [0.15, 0.2) is 5.15 Å². The zero-order valence-corrected chi connectivity index (χ0v) is 14.3. The molecule has 0 saturated heterocycles. The van der Waals surface area contributed by atoms with Crippen LogP contribution in [0.5, 0.6) is 5.75 Å². The van der Waals surface area contributed by atoms with Crippen LogP contribution < -0.4 is 4.74 Å². The minimum Gasteiger partial charge on any atom is -0.497 e. The Morgan fingerprint density at radius 3 is 2.36 bits per heavy atom. The normalized spacial score (nSPS) is 11.0. The highest BCUT2D eigenvalue weighted by atomic mass is 35.5. The Kier molecular flexibility index (Phi) is 3.77. The van der Waals surface area contributed by atoms with E-state index in [1.165, 1.54) is 4.80 Å². The van der Waals surface area contributed by atoms with Gasteiger partial charge in [-0.2, -0.15) is 4.80 Å². The zero-order chi connectivity index (χ0) is 17.4. The number of aromatic nitrogens is 6. The maximum absolute atomic E-state index is 6.20. The maximum atomic E-state index is 6.20. The molecule has 0 radical (unpaired) electrons. The van der Waals surface area contributed by atoms with Crippen molar-refractivity contribution >= 4 is 22.4 Å². The molecule has 0 fully saturated rings. The Labute approximate surface area is 148 Å². The molecule has 4 aromatic rings. The summed E-state index contributed by atoms with van der Waals surface area (Å²) in [7, 11) is 3.35. The number of methoxy groups -OCH3 is 1. The first-order valence-electron chi connectivity index (χ1n) is 7.50. The van der Waals surface area contributed by atoms with E-state index in [9.17, 15) is 0 Å². The average Bonchev–Trinajstić information content (AvgIpc) is 3.08. The summed E-state index contributed by atoms with van der Waals surface area (Å²) in [6, 6.07) is 13.4. The summed E-state index contributed by atoms with van der Waals surface area (Å²) < 4.78 is 5.26. The highest BCUT2D eigenvalue weighted by Crippen LogP contribution is 2.32. The third-order valence-corrected chi connectivity index (χ3v) is 4.15. The van der Waals surface area contributed by atoms with Gasteiger partial charge >= 0.3 is 0 Å². The van der Waals surface area contributed by atoms with Gasteiger partial charge in [-0.1, -0.05) is 35.9 Å². The molecule has 0 spiro atoms. The third-order valence-electron chi connectivity index (χ3n) is 3.87. The minimum atomic E-state index is 0.345. The largest absolute Gasteiger partial charge is 0.497 e. The van der Waals surface area contributed by atoms with Crippen LogP contribution in [0, 0.1) is 0 Å². The van der Waals surface area contributed by atoms with Gasteiger partial charge in [-0.3, -0.25) is 0 Å². The van der Waals surface area contributed by atoms with E-state index in [1.807, 2.05) is 42.5 Å². The van der Waals surface area contributed by atoms with Crippen LogP contribution in [0.4, 0.5) is 0 Å². The Morgan fingerprint density at radius 1 is 0.920 bits per heavy atom. The minimum absolute atomic E-state index is 0.345. The predicted molar refractivity (Wildman–Crippen MR) is 94.3 cm³/mol. The second kappa shape index (κ2) is 6.10. The van der Waals surface area contributed by atoms with Crippen molar-refractivity contribution in [2.75, 3.05) is 7.11 Å². The number of fused-ring (bicyclic) bond motifs is 1. The summed E-state index contributed by atoms with van der Waals surface area (Å²) >= 11 is 6.20. The van der Waals surface area contributed by atoms with Crippen LogP contribution >= 0.6 is 11.6 Å². The lowest BCUT2D eigenvalue weighted by atomic mass is 10.0. The number of aryl methyl sites for hydroxylation is 1. The van der Waals surface area contributed by atoms with E-state index in [-0.39, 0.29) is 0 Å². The van der Waals surface area contributed by atoms with Gasteiger partial charge in [0.1, 0.15) is 11.4 Å². The first kappa shape index (κ1) is 15.5. The van der Waals surface area contributed by atoms with Crippen molar-refractivity contribution in [2.45, 2.75) is 0 Å². The van der Waals surface area contributed by atoms with Crippen molar-refractivity contribution in [2.24, 2.45) is 7.05 Å². The van der Waals surface area contributed by atoms with Crippen molar-refractivity contribution in [3.8, 4) is 28.4 Å². The number of hydrogen-bond donors (Lipinski definition) is 0. The monoisotopic (exact) mass is 352 g/mol. The van der Waals surface area contributed by atoms with Crippen LogP contribution in [0.25, 0.3) is 33.4 Å².